The minimum Gasteiger partial charge on any atom is -0.466 e. The van der Waals surface area contributed by atoms with Crippen molar-refractivity contribution in [3.63, 3.8) is 0 Å². The van der Waals surface area contributed by atoms with Crippen LogP contribution in [0, 0.1) is 5.41 Å². The lowest BCUT2D eigenvalue weighted by Crippen LogP contribution is -2.36. The van der Waals surface area contributed by atoms with E-state index >= 15 is 0 Å². The molecule has 0 spiro atoms. The minimum absolute atomic E-state index is 0.124. The Hall–Kier alpha value is -0.570. The second-order valence-electron chi connectivity index (χ2n) is 2.88. The third-order valence-corrected chi connectivity index (χ3v) is 2.40. The summed E-state index contributed by atoms with van der Waals surface area (Å²) < 4.78 is 4.92. The second-order valence-corrected chi connectivity index (χ2v) is 2.88. The van der Waals surface area contributed by atoms with Gasteiger partial charge in [-0.05, 0) is 19.8 Å². The lowest BCUT2D eigenvalue weighted by atomic mass is 9.82. The van der Waals surface area contributed by atoms with Gasteiger partial charge in [-0.2, -0.15) is 0 Å². The van der Waals surface area contributed by atoms with Gasteiger partial charge in [0.15, 0.2) is 0 Å². The molecule has 3 nitrogen and oxygen atoms in total. The van der Waals surface area contributed by atoms with Crippen LogP contribution in [-0.4, -0.2) is 19.1 Å². The van der Waals surface area contributed by atoms with Crippen molar-refractivity contribution < 1.29 is 9.53 Å². The molecule has 1 N–H and O–H groups in total. The third kappa shape index (κ3) is 2.21. The van der Waals surface area contributed by atoms with Gasteiger partial charge in [-0.3, -0.25) is 10.5 Å². The summed E-state index contributed by atoms with van der Waals surface area (Å²) in [4.78, 5) is 11.4. The number of carbonyl (C=O) groups excluding carboxylic acids is 1. The second kappa shape index (κ2) is 5.14. The fourth-order valence-corrected chi connectivity index (χ4v) is 1.15. The maximum absolute atomic E-state index is 11.4. The Morgan fingerprint density at radius 3 is 2.08 bits per heavy atom. The molecule has 0 bridgehead atoms. The van der Waals surface area contributed by atoms with E-state index in [2.05, 4.69) is 0 Å². The summed E-state index contributed by atoms with van der Waals surface area (Å²) in [6.45, 7) is 6.17. The van der Waals surface area contributed by atoms with Crippen LogP contribution in [0.1, 0.15) is 33.6 Å². The van der Waals surface area contributed by atoms with Gasteiger partial charge in [-0.1, -0.05) is 13.8 Å². The predicted molar refractivity (Wildman–Crippen MR) is 47.6 cm³/mol. The summed E-state index contributed by atoms with van der Waals surface area (Å²) in [5.74, 6) is -0.218. The lowest BCUT2D eigenvalue weighted by molar-refractivity contribution is -0.155. The number of esters is 1. The van der Waals surface area contributed by atoms with Crippen molar-refractivity contribution in [2.75, 3.05) is 13.2 Å². The van der Waals surface area contributed by atoms with E-state index in [0.29, 0.717) is 19.4 Å². The van der Waals surface area contributed by atoms with E-state index in [9.17, 15) is 4.79 Å². The highest BCUT2D eigenvalue weighted by atomic mass is 16.5. The first kappa shape index (κ1) is 11.4. The van der Waals surface area contributed by atoms with Crippen molar-refractivity contribution in [2.45, 2.75) is 33.6 Å². The first-order valence-corrected chi connectivity index (χ1v) is 4.48. The summed E-state index contributed by atoms with van der Waals surface area (Å²) >= 11 is 0. The van der Waals surface area contributed by atoms with Crippen molar-refractivity contribution in [1.82, 2.24) is 5.73 Å². The van der Waals surface area contributed by atoms with Crippen LogP contribution in [-0.2, 0) is 9.53 Å². The summed E-state index contributed by atoms with van der Waals surface area (Å²) in [6, 6.07) is 0. The van der Waals surface area contributed by atoms with Gasteiger partial charge < -0.3 is 4.74 Å². The number of ether oxygens (including phenoxy) is 1. The zero-order chi connectivity index (χ0) is 9.61. The number of hydrogen-bond acceptors (Lipinski definition) is 2. The average molecular weight is 172 g/mol. The van der Waals surface area contributed by atoms with Gasteiger partial charge >= 0.3 is 5.97 Å². The number of nitrogens with one attached hydrogen (secondary N) is 1. The van der Waals surface area contributed by atoms with Crippen LogP contribution in [0.25, 0.3) is 0 Å². The molecule has 71 valence electrons. The highest BCUT2D eigenvalue weighted by Gasteiger charge is 2.34. The standard InChI is InChI=1S/C9H18NO2/c1-4-9(5-2,7-10)8(11)12-6-3/h10H,4-7H2,1-3H3. The zero-order valence-corrected chi connectivity index (χ0v) is 8.14. The van der Waals surface area contributed by atoms with E-state index < -0.39 is 5.41 Å². The molecular weight excluding hydrogens is 154 g/mol. The molecule has 0 aliphatic heterocycles. The predicted octanol–water partition coefficient (Wildman–Crippen LogP) is 1.64. The van der Waals surface area contributed by atoms with Gasteiger partial charge in [0, 0.05) is 6.54 Å². The van der Waals surface area contributed by atoms with Crippen LogP contribution in [0.15, 0.2) is 0 Å². The Balaban J connectivity index is 4.36. The van der Waals surface area contributed by atoms with Crippen molar-refractivity contribution >= 4 is 5.97 Å². The topological polar surface area (TPSA) is 50.1 Å². The molecule has 0 fully saturated rings. The summed E-state index contributed by atoms with van der Waals surface area (Å²) in [5, 5.41) is 0. The monoisotopic (exact) mass is 172 g/mol. The Bertz CT molecular complexity index is 133. The molecule has 0 saturated heterocycles. The Labute approximate surface area is 74.3 Å². The normalized spacial score (nSPS) is 11.3. The summed E-state index contributed by atoms with van der Waals surface area (Å²) in [5.41, 5.74) is 6.76. The average Bonchev–Trinajstić information content (AvgIpc) is 2.09. The molecule has 0 rings (SSSR count). The Morgan fingerprint density at radius 2 is 1.83 bits per heavy atom. The molecule has 0 aromatic rings. The van der Waals surface area contributed by atoms with E-state index in [1.165, 1.54) is 0 Å². The van der Waals surface area contributed by atoms with Crippen molar-refractivity contribution in [3.8, 4) is 0 Å². The first-order chi connectivity index (χ1) is 5.66. The summed E-state index contributed by atoms with van der Waals surface area (Å²) in [6.07, 6.45) is 1.37. The van der Waals surface area contributed by atoms with Gasteiger partial charge in [0.2, 0.25) is 0 Å². The zero-order valence-electron chi connectivity index (χ0n) is 8.14. The van der Waals surface area contributed by atoms with Gasteiger partial charge in [-0.25, -0.2) is 0 Å². The maximum Gasteiger partial charge on any atom is 0.313 e. The molecule has 0 aliphatic rings. The molecule has 0 aliphatic carbocycles. The molecule has 0 aromatic heterocycles. The molecule has 0 atom stereocenters. The first-order valence-electron chi connectivity index (χ1n) is 4.48. The quantitative estimate of drug-likeness (QED) is 0.592. The van der Waals surface area contributed by atoms with Crippen LogP contribution in [0.4, 0.5) is 0 Å². The highest BCUT2D eigenvalue weighted by molar-refractivity contribution is 5.77. The molecule has 0 amide bonds. The Morgan fingerprint density at radius 1 is 1.33 bits per heavy atom. The highest BCUT2D eigenvalue weighted by Crippen LogP contribution is 2.26. The molecule has 3 heteroatoms. The van der Waals surface area contributed by atoms with E-state index in [1.54, 1.807) is 6.92 Å². The van der Waals surface area contributed by atoms with Crippen molar-refractivity contribution in [2.24, 2.45) is 5.41 Å². The smallest absolute Gasteiger partial charge is 0.313 e. The summed E-state index contributed by atoms with van der Waals surface area (Å²) in [7, 11) is 0. The number of carbonyl (C=O) groups is 1. The fourth-order valence-electron chi connectivity index (χ4n) is 1.15. The van der Waals surface area contributed by atoms with E-state index in [4.69, 9.17) is 10.5 Å². The SMILES string of the molecule is CCOC(=O)C(CC)(CC)C[NH]. The fraction of sp³-hybridized carbons (Fsp3) is 0.889. The molecule has 0 saturated carbocycles. The van der Waals surface area contributed by atoms with Crippen LogP contribution >= 0.6 is 0 Å². The molecule has 0 heterocycles. The third-order valence-electron chi connectivity index (χ3n) is 2.40. The van der Waals surface area contributed by atoms with E-state index in [-0.39, 0.29) is 12.5 Å². The molecular formula is C9H18NO2. The van der Waals surface area contributed by atoms with Crippen molar-refractivity contribution in [1.29, 1.82) is 0 Å². The molecule has 0 unspecified atom stereocenters. The van der Waals surface area contributed by atoms with E-state index in [0.717, 1.165) is 0 Å². The number of rotatable bonds is 5. The van der Waals surface area contributed by atoms with Crippen LogP contribution in [0.3, 0.4) is 0 Å². The lowest BCUT2D eigenvalue weighted by Gasteiger charge is -2.26. The van der Waals surface area contributed by atoms with Gasteiger partial charge in [0.1, 0.15) is 0 Å². The van der Waals surface area contributed by atoms with E-state index in [1.807, 2.05) is 13.8 Å². The maximum atomic E-state index is 11.4. The molecule has 12 heavy (non-hydrogen) atoms. The van der Waals surface area contributed by atoms with Crippen LogP contribution < -0.4 is 5.73 Å². The Kier molecular flexibility index (Phi) is 4.90. The van der Waals surface area contributed by atoms with Gasteiger partial charge in [0.25, 0.3) is 0 Å². The van der Waals surface area contributed by atoms with Crippen LogP contribution in [0.2, 0.25) is 0 Å². The molecule has 0 aromatic carbocycles. The van der Waals surface area contributed by atoms with Gasteiger partial charge in [-0.15, -0.1) is 0 Å². The van der Waals surface area contributed by atoms with Gasteiger partial charge in [0.05, 0.1) is 12.0 Å². The largest absolute Gasteiger partial charge is 0.466 e. The van der Waals surface area contributed by atoms with Crippen molar-refractivity contribution in [3.05, 3.63) is 0 Å². The molecule has 1 radical (unpaired) electrons. The number of hydrogen-bond donors (Lipinski definition) is 0. The minimum atomic E-state index is -0.560. The van der Waals surface area contributed by atoms with Crippen LogP contribution in [0.5, 0.6) is 0 Å².